The van der Waals surface area contributed by atoms with Gasteiger partial charge in [-0.2, -0.15) is 0 Å². The number of nitrogens with zero attached hydrogens (tertiary/aromatic N) is 3. The molecule has 1 aromatic heterocycles. The number of hydrogen-bond acceptors (Lipinski definition) is 5. The summed E-state index contributed by atoms with van der Waals surface area (Å²) in [6, 6.07) is 11.7. The second kappa shape index (κ2) is 9.45. The summed E-state index contributed by atoms with van der Waals surface area (Å²) in [5.74, 6) is 1.69. The zero-order valence-electron chi connectivity index (χ0n) is 16.8. The number of halogens is 1. The largest absolute Gasteiger partial charge is 0.485 e. The number of ether oxygens (including phenoxy) is 1. The molecule has 0 saturated carbocycles. The molecule has 0 unspecified atom stereocenters. The minimum atomic E-state index is -0.0828. The minimum absolute atomic E-state index is 0.0828. The molecule has 1 amide bonds. The van der Waals surface area contributed by atoms with Gasteiger partial charge in [0.15, 0.2) is 11.0 Å². The van der Waals surface area contributed by atoms with Crippen LogP contribution in [0.25, 0.3) is 0 Å². The molecule has 0 radical (unpaired) electrons. The predicted molar refractivity (Wildman–Crippen MR) is 119 cm³/mol. The first-order valence-electron chi connectivity index (χ1n) is 9.12. The number of hydrogen-bond donors (Lipinski definition) is 1. The maximum absolute atomic E-state index is 12.4. The van der Waals surface area contributed by atoms with Gasteiger partial charge in [-0.05, 0) is 55.7 Å². The molecular weight excluding hydrogens is 452 g/mol. The van der Waals surface area contributed by atoms with Crippen molar-refractivity contribution in [2.45, 2.75) is 32.5 Å². The first-order chi connectivity index (χ1) is 13.9. The Morgan fingerprint density at radius 1 is 1.14 bits per heavy atom. The Bertz CT molecular complexity index is 1040. The van der Waals surface area contributed by atoms with Gasteiger partial charge in [-0.1, -0.05) is 45.9 Å². The number of carbonyl (C=O) groups excluding carboxylic acids is 1. The number of para-hydroxylation sites is 1. The Kier molecular flexibility index (Phi) is 6.97. The molecule has 0 atom stereocenters. The quantitative estimate of drug-likeness (QED) is 0.497. The number of carbonyl (C=O) groups is 1. The van der Waals surface area contributed by atoms with Crippen LogP contribution in [0.4, 0.5) is 5.69 Å². The van der Waals surface area contributed by atoms with Crippen LogP contribution >= 0.6 is 27.7 Å². The van der Waals surface area contributed by atoms with Crippen molar-refractivity contribution in [2.75, 3.05) is 11.1 Å². The van der Waals surface area contributed by atoms with Crippen molar-refractivity contribution in [3.63, 3.8) is 0 Å². The number of benzene rings is 2. The Hall–Kier alpha value is -2.32. The van der Waals surface area contributed by atoms with Crippen LogP contribution in [0, 0.1) is 20.8 Å². The lowest BCUT2D eigenvalue weighted by atomic mass is 10.1. The smallest absolute Gasteiger partial charge is 0.234 e. The highest BCUT2D eigenvalue weighted by molar-refractivity contribution is 9.10. The molecule has 0 aliphatic carbocycles. The van der Waals surface area contributed by atoms with E-state index in [4.69, 9.17) is 4.74 Å². The molecule has 0 aliphatic heterocycles. The Morgan fingerprint density at radius 2 is 1.90 bits per heavy atom. The van der Waals surface area contributed by atoms with Gasteiger partial charge in [0.1, 0.15) is 12.4 Å². The second-order valence-corrected chi connectivity index (χ2v) is 8.49. The number of anilines is 1. The molecule has 152 valence electrons. The lowest BCUT2D eigenvalue weighted by Gasteiger charge is -2.11. The highest BCUT2D eigenvalue weighted by Gasteiger charge is 2.14. The summed E-state index contributed by atoms with van der Waals surface area (Å²) in [6.45, 7) is 6.33. The summed E-state index contributed by atoms with van der Waals surface area (Å²) >= 11 is 4.85. The van der Waals surface area contributed by atoms with Crippen molar-refractivity contribution < 1.29 is 9.53 Å². The van der Waals surface area contributed by atoms with Crippen molar-refractivity contribution >= 4 is 39.3 Å². The summed E-state index contributed by atoms with van der Waals surface area (Å²) < 4.78 is 8.72. The van der Waals surface area contributed by atoms with E-state index < -0.39 is 0 Å². The van der Waals surface area contributed by atoms with Crippen LogP contribution in [0.3, 0.4) is 0 Å². The molecule has 3 rings (SSSR count). The molecule has 1 heterocycles. The van der Waals surface area contributed by atoms with E-state index in [0.29, 0.717) is 17.6 Å². The van der Waals surface area contributed by atoms with Crippen molar-refractivity contribution in [3.05, 3.63) is 63.4 Å². The Labute approximate surface area is 183 Å². The molecule has 0 fully saturated rings. The predicted octanol–water partition coefficient (Wildman–Crippen LogP) is 4.81. The van der Waals surface area contributed by atoms with E-state index in [9.17, 15) is 4.79 Å². The second-order valence-electron chi connectivity index (χ2n) is 6.69. The van der Waals surface area contributed by atoms with Crippen LogP contribution in [-0.4, -0.2) is 26.4 Å². The molecule has 0 bridgehead atoms. The van der Waals surface area contributed by atoms with Gasteiger partial charge in [0, 0.05) is 17.2 Å². The summed E-state index contributed by atoms with van der Waals surface area (Å²) in [7, 11) is 1.87. The molecule has 0 saturated heterocycles. The summed E-state index contributed by atoms with van der Waals surface area (Å²) in [5.41, 5.74) is 4.05. The number of nitrogens with one attached hydrogen (secondary N) is 1. The number of rotatable bonds is 7. The number of aromatic nitrogens is 3. The normalized spacial score (nSPS) is 10.8. The number of aryl methyl sites for hydroxylation is 1. The standard InChI is InChI=1S/C21H23BrN4O2S/c1-13-7-5-6-8-18(13)28-11-19-24-25-21(26(19)4)29-12-20(27)23-17-10-9-16(22)14(2)15(17)3/h5-10H,11-12H2,1-4H3,(H,23,27). The topological polar surface area (TPSA) is 69.0 Å². The molecule has 1 N–H and O–H groups in total. The van der Waals surface area contributed by atoms with Gasteiger partial charge in [0.05, 0.1) is 5.75 Å². The third-order valence-electron chi connectivity index (χ3n) is 4.70. The number of amides is 1. The zero-order valence-corrected chi connectivity index (χ0v) is 19.2. The van der Waals surface area contributed by atoms with Gasteiger partial charge in [0.25, 0.3) is 0 Å². The average molecular weight is 475 g/mol. The van der Waals surface area contributed by atoms with Crippen molar-refractivity contribution in [3.8, 4) is 5.75 Å². The van der Waals surface area contributed by atoms with E-state index >= 15 is 0 Å². The Morgan fingerprint density at radius 3 is 2.66 bits per heavy atom. The van der Waals surface area contributed by atoms with Gasteiger partial charge in [-0.25, -0.2) is 0 Å². The van der Waals surface area contributed by atoms with E-state index in [1.165, 1.54) is 11.8 Å². The molecule has 0 aliphatic rings. The van der Waals surface area contributed by atoms with Crippen molar-refractivity contribution in [1.29, 1.82) is 0 Å². The van der Waals surface area contributed by atoms with Crippen LogP contribution < -0.4 is 10.1 Å². The highest BCUT2D eigenvalue weighted by Crippen LogP contribution is 2.26. The van der Waals surface area contributed by atoms with Gasteiger partial charge in [-0.15, -0.1) is 10.2 Å². The zero-order chi connectivity index (χ0) is 21.0. The molecule has 29 heavy (non-hydrogen) atoms. The lowest BCUT2D eigenvalue weighted by Crippen LogP contribution is -2.15. The van der Waals surface area contributed by atoms with Crippen LogP contribution in [0.1, 0.15) is 22.5 Å². The minimum Gasteiger partial charge on any atom is -0.485 e. The molecule has 8 heteroatoms. The fraction of sp³-hybridized carbons (Fsp3) is 0.286. The Balaban J connectivity index is 1.57. The van der Waals surface area contributed by atoms with E-state index in [-0.39, 0.29) is 11.7 Å². The maximum Gasteiger partial charge on any atom is 0.234 e. The van der Waals surface area contributed by atoms with Gasteiger partial charge < -0.3 is 14.6 Å². The molecular formula is C21H23BrN4O2S. The summed E-state index contributed by atoms with van der Waals surface area (Å²) in [5, 5.41) is 12.0. The van der Waals surface area contributed by atoms with Gasteiger partial charge >= 0.3 is 0 Å². The van der Waals surface area contributed by atoms with Crippen LogP contribution in [0.2, 0.25) is 0 Å². The average Bonchev–Trinajstić information content (AvgIpc) is 3.06. The van der Waals surface area contributed by atoms with E-state index in [0.717, 1.165) is 32.6 Å². The molecule has 2 aromatic carbocycles. The van der Waals surface area contributed by atoms with Gasteiger partial charge in [0.2, 0.25) is 5.91 Å². The summed E-state index contributed by atoms with van der Waals surface area (Å²) in [4.78, 5) is 12.4. The van der Waals surface area contributed by atoms with Crippen molar-refractivity contribution in [1.82, 2.24) is 14.8 Å². The van der Waals surface area contributed by atoms with E-state index in [2.05, 4.69) is 31.4 Å². The fourth-order valence-electron chi connectivity index (χ4n) is 2.70. The van der Waals surface area contributed by atoms with Gasteiger partial charge in [-0.3, -0.25) is 4.79 Å². The van der Waals surface area contributed by atoms with Crippen LogP contribution in [0.15, 0.2) is 46.0 Å². The monoisotopic (exact) mass is 474 g/mol. The first kappa shape index (κ1) is 21.4. The third-order valence-corrected chi connectivity index (χ3v) is 6.58. The SMILES string of the molecule is Cc1ccccc1OCc1nnc(SCC(=O)Nc2ccc(Br)c(C)c2C)n1C. The van der Waals surface area contributed by atoms with E-state index in [1.807, 2.05) is 68.8 Å². The molecule has 0 spiro atoms. The van der Waals surface area contributed by atoms with Crippen LogP contribution in [-0.2, 0) is 18.4 Å². The first-order valence-corrected chi connectivity index (χ1v) is 10.9. The number of thioether (sulfide) groups is 1. The summed E-state index contributed by atoms with van der Waals surface area (Å²) in [6.07, 6.45) is 0. The fourth-order valence-corrected chi connectivity index (χ4v) is 3.86. The maximum atomic E-state index is 12.4. The third kappa shape index (κ3) is 5.19. The van der Waals surface area contributed by atoms with Crippen LogP contribution in [0.5, 0.6) is 5.75 Å². The lowest BCUT2D eigenvalue weighted by molar-refractivity contribution is -0.113. The van der Waals surface area contributed by atoms with E-state index in [1.54, 1.807) is 0 Å². The van der Waals surface area contributed by atoms with Crippen molar-refractivity contribution in [2.24, 2.45) is 7.05 Å². The molecule has 6 nitrogen and oxygen atoms in total. The molecule has 3 aromatic rings. The highest BCUT2D eigenvalue weighted by atomic mass is 79.9.